The molecule has 4 aromatic rings. The molecule has 0 saturated carbocycles. The van der Waals surface area contributed by atoms with Gasteiger partial charge in [-0.15, -0.1) is 11.3 Å². The third-order valence-corrected chi connectivity index (χ3v) is 7.63. The third-order valence-electron chi connectivity index (χ3n) is 6.64. The SMILES string of the molecule is NCC(=O)Nc1csc2c(NCc3ccccc3)c(C(=O)N3CCC(c4ccccc4)CC3)cnc12. The molecule has 1 saturated heterocycles. The Morgan fingerprint density at radius 1 is 1.03 bits per heavy atom. The lowest BCUT2D eigenvalue weighted by Gasteiger charge is -2.32. The maximum absolute atomic E-state index is 13.7. The first-order chi connectivity index (χ1) is 17.6. The Morgan fingerprint density at radius 2 is 1.72 bits per heavy atom. The molecule has 0 atom stereocenters. The first-order valence-electron chi connectivity index (χ1n) is 12.2. The quantitative estimate of drug-likeness (QED) is 0.338. The van der Waals surface area contributed by atoms with E-state index in [-0.39, 0.29) is 18.4 Å². The van der Waals surface area contributed by atoms with E-state index in [1.165, 1.54) is 16.9 Å². The topological polar surface area (TPSA) is 100 Å². The highest BCUT2D eigenvalue weighted by Gasteiger charge is 2.27. The van der Waals surface area contributed by atoms with Crippen molar-refractivity contribution < 1.29 is 9.59 Å². The van der Waals surface area contributed by atoms with Gasteiger partial charge < -0.3 is 21.3 Å². The molecule has 8 heteroatoms. The minimum absolute atomic E-state index is 0.0209. The van der Waals surface area contributed by atoms with Gasteiger partial charge in [0.05, 0.1) is 28.2 Å². The molecule has 36 heavy (non-hydrogen) atoms. The fourth-order valence-electron chi connectivity index (χ4n) is 4.70. The minimum Gasteiger partial charge on any atom is -0.379 e. The molecular formula is C28H29N5O2S. The Balaban J connectivity index is 1.42. The Hall–Kier alpha value is -3.75. The number of carbonyl (C=O) groups is 2. The van der Waals surface area contributed by atoms with Crippen molar-refractivity contribution >= 4 is 44.7 Å². The van der Waals surface area contributed by atoms with Gasteiger partial charge in [-0.05, 0) is 29.9 Å². The molecule has 5 rings (SSSR count). The largest absolute Gasteiger partial charge is 0.379 e. The number of carbonyl (C=O) groups excluding carboxylic acids is 2. The number of likely N-dealkylation sites (tertiary alicyclic amines) is 1. The van der Waals surface area contributed by atoms with E-state index in [0.717, 1.165) is 28.8 Å². The maximum atomic E-state index is 13.7. The summed E-state index contributed by atoms with van der Waals surface area (Å²) in [6, 6.07) is 20.6. The molecule has 1 fully saturated rings. The number of benzene rings is 2. The van der Waals surface area contributed by atoms with Crippen molar-refractivity contribution in [3.63, 3.8) is 0 Å². The number of anilines is 2. The number of hydrogen-bond acceptors (Lipinski definition) is 6. The minimum atomic E-state index is -0.281. The van der Waals surface area contributed by atoms with E-state index in [1.807, 2.05) is 46.7 Å². The van der Waals surface area contributed by atoms with Gasteiger partial charge in [0.25, 0.3) is 5.91 Å². The van der Waals surface area contributed by atoms with Gasteiger partial charge in [-0.25, -0.2) is 0 Å². The molecule has 7 nitrogen and oxygen atoms in total. The average Bonchev–Trinajstić information content (AvgIpc) is 3.35. The maximum Gasteiger partial charge on any atom is 0.257 e. The van der Waals surface area contributed by atoms with Gasteiger partial charge in [0.15, 0.2) is 0 Å². The smallest absolute Gasteiger partial charge is 0.257 e. The fourth-order valence-corrected chi connectivity index (χ4v) is 5.68. The van der Waals surface area contributed by atoms with E-state index < -0.39 is 0 Å². The molecule has 1 aliphatic heterocycles. The summed E-state index contributed by atoms with van der Waals surface area (Å²) in [7, 11) is 0. The molecule has 0 radical (unpaired) electrons. The highest BCUT2D eigenvalue weighted by Crippen LogP contribution is 2.37. The second kappa shape index (κ2) is 10.9. The van der Waals surface area contributed by atoms with Crippen LogP contribution in [0.1, 0.15) is 40.2 Å². The zero-order chi connectivity index (χ0) is 24.9. The summed E-state index contributed by atoms with van der Waals surface area (Å²) in [5.74, 6) is 0.168. The number of hydrogen-bond donors (Lipinski definition) is 3. The summed E-state index contributed by atoms with van der Waals surface area (Å²) in [6.45, 7) is 1.87. The lowest BCUT2D eigenvalue weighted by atomic mass is 9.89. The first-order valence-corrected chi connectivity index (χ1v) is 13.0. The second-order valence-corrected chi connectivity index (χ2v) is 9.82. The second-order valence-electron chi connectivity index (χ2n) is 8.94. The first kappa shape index (κ1) is 24.0. The zero-order valence-electron chi connectivity index (χ0n) is 19.9. The summed E-state index contributed by atoms with van der Waals surface area (Å²) in [5.41, 5.74) is 10.5. The van der Waals surface area contributed by atoms with Gasteiger partial charge in [-0.3, -0.25) is 14.6 Å². The van der Waals surface area contributed by atoms with Gasteiger partial charge in [0.1, 0.15) is 5.52 Å². The Bertz CT molecular complexity index is 1350. The average molecular weight is 500 g/mol. The van der Waals surface area contributed by atoms with E-state index in [4.69, 9.17) is 5.73 Å². The molecular weight excluding hydrogens is 470 g/mol. The number of pyridine rings is 1. The molecule has 3 heterocycles. The summed E-state index contributed by atoms with van der Waals surface area (Å²) in [6.07, 6.45) is 3.51. The van der Waals surface area contributed by atoms with Gasteiger partial charge in [0.2, 0.25) is 5.91 Å². The summed E-state index contributed by atoms with van der Waals surface area (Å²) < 4.78 is 0.836. The zero-order valence-corrected chi connectivity index (χ0v) is 20.8. The summed E-state index contributed by atoms with van der Waals surface area (Å²) in [4.78, 5) is 32.1. The van der Waals surface area contributed by atoms with Crippen LogP contribution in [0.5, 0.6) is 0 Å². The lowest BCUT2D eigenvalue weighted by molar-refractivity contribution is -0.114. The number of nitrogens with one attached hydrogen (secondary N) is 2. The number of fused-ring (bicyclic) bond motifs is 1. The van der Waals surface area contributed by atoms with Gasteiger partial charge >= 0.3 is 0 Å². The van der Waals surface area contributed by atoms with E-state index in [0.29, 0.717) is 42.3 Å². The van der Waals surface area contributed by atoms with Crippen molar-refractivity contribution in [1.29, 1.82) is 0 Å². The summed E-state index contributed by atoms with van der Waals surface area (Å²) in [5, 5.41) is 8.15. The highest BCUT2D eigenvalue weighted by molar-refractivity contribution is 7.18. The predicted octanol–water partition coefficient (Wildman–Crippen LogP) is 4.83. The van der Waals surface area contributed by atoms with E-state index in [1.54, 1.807) is 6.20 Å². The van der Waals surface area contributed by atoms with Crippen LogP contribution in [-0.2, 0) is 11.3 Å². The van der Waals surface area contributed by atoms with E-state index in [2.05, 4.69) is 39.9 Å². The molecule has 0 spiro atoms. The van der Waals surface area contributed by atoms with Crippen LogP contribution in [0.4, 0.5) is 11.4 Å². The van der Waals surface area contributed by atoms with Crippen LogP contribution >= 0.6 is 11.3 Å². The van der Waals surface area contributed by atoms with Crippen molar-refractivity contribution in [1.82, 2.24) is 9.88 Å². The van der Waals surface area contributed by atoms with Crippen molar-refractivity contribution in [2.75, 3.05) is 30.3 Å². The Morgan fingerprint density at radius 3 is 2.42 bits per heavy atom. The van der Waals surface area contributed by atoms with Crippen LogP contribution in [-0.4, -0.2) is 41.3 Å². The number of nitrogens with two attached hydrogens (primary N) is 1. The van der Waals surface area contributed by atoms with Crippen LogP contribution in [0.2, 0.25) is 0 Å². The fraction of sp³-hybridized carbons (Fsp3) is 0.250. The Kier molecular flexibility index (Phi) is 7.25. The van der Waals surface area contributed by atoms with Crippen LogP contribution in [0.15, 0.2) is 72.2 Å². The van der Waals surface area contributed by atoms with E-state index >= 15 is 0 Å². The number of rotatable bonds is 7. The lowest BCUT2D eigenvalue weighted by Crippen LogP contribution is -2.38. The van der Waals surface area contributed by atoms with E-state index in [9.17, 15) is 9.59 Å². The van der Waals surface area contributed by atoms with Crippen molar-refractivity contribution in [3.8, 4) is 0 Å². The molecule has 4 N–H and O–H groups in total. The van der Waals surface area contributed by atoms with Crippen LogP contribution < -0.4 is 16.4 Å². The number of aromatic nitrogens is 1. The van der Waals surface area contributed by atoms with Crippen LogP contribution in [0.25, 0.3) is 10.2 Å². The number of piperidine rings is 1. The summed E-state index contributed by atoms with van der Waals surface area (Å²) >= 11 is 1.45. The molecule has 0 bridgehead atoms. The van der Waals surface area contributed by atoms with Gasteiger partial charge in [-0.1, -0.05) is 60.7 Å². The van der Waals surface area contributed by atoms with Crippen LogP contribution in [0.3, 0.4) is 0 Å². The molecule has 1 aliphatic rings. The molecule has 2 amide bonds. The predicted molar refractivity (Wildman–Crippen MR) is 145 cm³/mol. The number of nitrogens with zero attached hydrogens (tertiary/aromatic N) is 2. The molecule has 0 aliphatic carbocycles. The van der Waals surface area contributed by atoms with Crippen molar-refractivity contribution in [3.05, 3.63) is 88.9 Å². The third kappa shape index (κ3) is 5.10. The van der Waals surface area contributed by atoms with Gasteiger partial charge in [-0.2, -0.15) is 0 Å². The standard InChI is InChI=1S/C28H29N5O2S/c29-15-24(34)32-23-18-36-27-25(30-16-19-7-3-1-4-8-19)22(17-31-26(23)27)28(35)33-13-11-21(12-14-33)20-9-5-2-6-10-20/h1-10,17-18,21H,11-16,29H2,(H,30,31)(H,32,34). The van der Waals surface area contributed by atoms with Crippen molar-refractivity contribution in [2.45, 2.75) is 25.3 Å². The van der Waals surface area contributed by atoms with Crippen molar-refractivity contribution in [2.24, 2.45) is 5.73 Å². The number of thiophene rings is 1. The highest BCUT2D eigenvalue weighted by atomic mass is 32.1. The monoisotopic (exact) mass is 499 g/mol. The molecule has 0 unspecified atom stereocenters. The van der Waals surface area contributed by atoms with Gasteiger partial charge in [0, 0.05) is 31.2 Å². The Labute approximate surface area is 214 Å². The van der Waals surface area contributed by atoms with Crippen LogP contribution in [0, 0.1) is 0 Å². The number of amides is 2. The molecule has 184 valence electrons. The normalized spacial score (nSPS) is 14.1. The molecule has 2 aromatic heterocycles. The molecule has 2 aromatic carbocycles.